The molecule has 0 spiro atoms. The van der Waals surface area contributed by atoms with E-state index in [4.69, 9.17) is 33.8 Å². The van der Waals surface area contributed by atoms with E-state index < -0.39 is 78.1 Å². The number of carboxylic acids is 2. The van der Waals surface area contributed by atoms with Crippen molar-refractivity contribution in [1.29, 1.82) is 0 Å². The number of aromatic carboxylic acids is 1. The van der Waals surface area contributed by atoms with Gasteiger partial charge in [0.15, 0.2) is 16.5 Å². The number of ether oxygens (including phenoxy) is 5. The van der Waals surface area contributed by atoms with Crippen molar-refractivity contribution in [2.24, 2.45) is 22.2 Å². The van der Waals surface area contributed by atoms with Crippen LogP contribution >= 0.6 is 11.3 Å². The van der Waals surface area contributed by atoms with Crippen LogP contribution in [0.2, 0.25) is 0 Å². The van der Waals surface area contributed by atoms with Crippen molar-refractivity contribution >= 4 is 74.0 Å². The lowest BCUT2D eigenvalue weighted by atomic mass is 9.39. The van der Waals surface area contributed by atoms with E-state index in [0.717, 1.165) is 71.5 Å². The average Bonchev–Trinajstić information content (AvgIpc) is 1.03. The molecule has 0 radical (unpaired) electrons. The van der Waals surface area contributed by atoms with Crippen LogP contribution in [0.5, 0.6) is 11.5 Å². The number of amides is 4. The van der Waals surface area contributed by atoms with Crippen molar-refractivity contribution in [2.75, 3.05) is 56.3 Å². The number of thiazole rings is 1. The fraction of sp³-hybridized carbons (Fsp3) is 0.492. The molecule has 4 aromatic heterocycles. The van der Waals surface area contributed by atoms with Crippen molar-refractivity contribution in [3.63, 3.8) is 0 Å². The number of anilines is 2. The zero-order valence-electron chi connectivity index (χ0n) is 51.7. The smallest absolute Gasteiger partial charge is 0.355 e. The van der Waals surface area contributed by atoms with E-state index in [-0.39, 0.29) is 97.4 Å². The maximum Gasteiger partial charge on any atom is 0.355 e. The number of carbonyl (C=O) groups is 7. The third-order valence-corrected chi connectivity index (χ3v) is 19.7. The molecule has 2 aliphatic heterocycles. The Kier molecular flexibility index (Phi) is 18.0. The highest BCUT2D eigenvalue weighted by Gasteiger charge is 2.66. The molecule has 5 fully saturated rings. The predicted molar refractivity (Wildman–Crippen MR) is 332 cm³/mol. The summed E-state index contributed by atoms with van der Waals surface area (Å²) in [5, 5.41) is 62.7. The number of carbonyl (C=O) groups excluding carboxylic acids is 5. The van der Waals surface area contributed by atoms with Gasteiger partial charge in [0.25, 0.3) is 17.7 Å². The fourth-order valence-electron chi connectivity index (χ4n) is 15.8. The molecule has 7 atom stereocenters. The van der Waals surface area contributed by atoms with Gasteiger partial charge in [-0.1, -0.05) is 37.3 Å². The van der Waals surface area contributed by atoms with Gasteiger partial charge in [0, 0.05) is 86.2 Å². The summed E-state index contributed by atoms with van der Waals surface area (Å²) < 4.78 is 35.3. The van der Waals surface area contributed by atoms with Gasteiger partial charge in [0.2, 0.25) is 5.91 Å². The molecule has 27 nitrogen and oxygen atoms in total. The Morgan fingerprint density at radius 2 is 1.59 bits per heavy atom. The minimum Gasteiger partial charge on any atom is -0.491 e. The first-order chi connectivity index (χ1) is 44.5. The molecular weight excluding hydrogens is 1220 g/mol. The number of fused-ring (bicyclic) bond motifs is 2. The topological polar surface area (TPSA) is 359 Å². The number of aliphatic hydroxyl groups is 3. The first-order valence-corrected chi connectivity index (χ1v) is 31.9. The van der Waals surface area contributed by atoms with E-state index in [1.165, 1.54) is 23.5 Å². The summed E-state index contributed by atoms with van der Waals surface area (Å²) in [5.41, 5.74) is 3.31. The third kappa shape index (κ3) is 13.7. The number of rotatable bonds is 26. The van der Waals surface area contributed by atoms with Gasteiger partial charge in [-0.15, -0.1) is 0 Å². The molecule has 28 heteroatoms. The number of benzene rings is 2. The van der Waals surface area contributed by atoms with Crippen LogP contribution in [0.3, 0.4) is 0 Å². The van der Waals surface area contributed by atoms with Gasteiger partial charge in [-0.05, 0) is 105 Å². The molecule has 93 heavy (non-hydrogen) atoms. The Labute approximate surface area is 537 Å². The number of nitrogens with one attached hydrogen (secondary N) is 2. The summed E-state index contributed by atoms with van der Waals surface area (Å²) in [5.74, 6) is -5.75. The van der Waals surface area contributed by atoms with Crippen molar-refractivity contribution in [3.8, 4) is 22.6 Å². The van der Waals surface area contributed by atoms with E-state index in [9.17, 15) is 59.1 Å². The summed E-state index contributed by atoms with van der Waals surface area (Å²) >= 11 is 1.38. The molecule has 5 saturated carbocycles. The van der Waals surface area contributed by atoms with Crippen LogP contribution in [-0.2, 0) is 64.4 Å². The second kappa shape index (κ2) is 26.0. The number of esters is 1. The van der Waals surface area contributed by atoms with Crippen LogP contribution < -0.4 is 25.0 Å². The predicted octanol–water partition coefficient (Wildman–Crippen LogP) is 5.06. The molecule has 13 rings (SSSR count). The largest absolute Gasteiger partial charge is 0.491 e. The molecule has 0 saturated heterocycles. The highest BCUT2D eigenvalue weighted by molar-refractivity contribution is 7.22. The number of imide groups is 1. The zero-order valence-corrected chi connectivity index (χ0v) is 52.5. The molecule has 492 valence electrons. The van der Waals surface area contributed by atoms with E-state index in [1.54, 1.807) is 24.7 Å². The molecule has 2 aromatic carbocycles. The monoisotopic (exact) mass is 1300 g/mol. The number of para-hydroxylation sites is 1. The Bertz CT molecular complexity index is 3870. The number of aliphatic hydroxyl groups excluding tert-OH is 3. The number of pyridine rings is 1. The number of nitrogens with zero attached hydrogens (tertiary/aromatic N) is 8. The van der Waals surface area contributed by atoms with Crippen molar-refractivity contribution < 1.29 is 82.8 Å². The fourth-order valence-corrected chi connectivity index (χ4v) is 16.6. The van der Waals surface area contributed by atoms with Crippen LogP contribution in [0.25, 0.3) is 21.3 Å². The number of imidazole rings is 1. The third-order valence-electron chi connectivity index (χ3n) is 18.8. The number of carboxylic acid groups (broad SMARTS) is 2. The van der Waals surface area contributed by atoms with Gasteiger partial charge >= 0.3 is 17.9 Å². The molecule has 7 aliphatic rings. The first-order valence-electron chi connectivity index (χ1n) is 31.1. The Morgan fingerprint density at radius 1 is 0.817 bits per heavy atom. The normalized spacial score (nSPS) is 26.2. The second-order valence-electron chi connectivity index (χ2n) is 26.2. The van der Waals surface area contributed by atoms with Crippen LogP contribution in [0.1, 0.15) is 110 Å². The standard InChI is InChI=1S/C65H74N10O17S/c1-37-42(40-12-13-48(70-53(40)60(86)87)72-17-18-73-36-67-54(44(73)26-72)58(83)71-61-69-43-7-4-5-8-47(43)93-61)25-68-75(37)35-64-30-62(2)29-63(3,31-64)33-65(32-62,34-64)91-19-6-9-52(79)90-28-38-10-11-39(92-46-24-41(59(84)85)55(80)57(82)56(46)81)23-45(38)89-22-21-88-20-16-66-49(76)27-74-50(77)14-15-51(74)78/h4-5,7-8,10-15,23,25,36,41,46,55-57,80-82H,6,9,16-22,24,26-35H2,1-3H3,(H,66,76)(H,84,85)(H,86,87)(H,69,71,83)/t41-,46+,55+,56-,57-,62?,63?,64?,65?/m0/s1. The second-order valence-corrected chi connectivity index (χ2v) is 27.3. The number of hydrogen-bond acceptors (Lipinski definition) is 21. The lowest BCUT2D eigenvalue weighted by molar-refractivity contribution is -0.248. The molecule has 6 heterocycles. The maximum absolute atomic E-state index is 13.6. The summed E-state index contributed by atoms with van der Waals surface area (Å²) in [6.45, 7) is 8.35. The summed E-state index contributed by atoms with van der Waals surface area (Å²) in [6, 6.07) is 15.8. The molecule has 5 aliphatic carbocycles. The maximum atomic E-state index is 13.6. The van der Waals surface area contributed by atoms with Gasteiger partial charge in [-0.25, -0.2) is 19.7 Å². The number of aromatic nitrogens is 6. The van der Waals surface area contributed by atoms with Gasteiger partial charge in [0.1, 0.15) is 55.4 Å². The molecular formula is C65H74N10O17S. The Hall–Kier alpha value is -8.67. The average molecular weight is 1300 g/mol. The van der Waals surface area contributed by atoms with Crippen LogP contribution in [-0.4, -0.2) is 177 Å². The Morgan fingerprint density at radius 3 is 2.34 bits per heavy atom. The SMILES string of the molecule is Cc1c(-c2ccc(N3CCn4cnc(C(=O)Nc5nc6ccccc6s5)c4C3)nc2C(=O)O)cnn1CC12CC3(C)CC(C)(C1)CC(OCCCC(=O)OCc1ccc(O[C@@H]4C[C@H](C(=O)O)[C@@H](O)[C@H](O)[C@H]4O)cc1OCCOCCNC(=O)CN1C(=O)C=CC1=O)(C3)C2. The van der Waals surface area contributed by atoms with Gasteiger partial charge in [0.05, 0.1) is 65.8 Å². The summed E-state index contributed by atoms with van der Waals surface area (Å²) in [7, 11) is 0. The van der Waals surface area contributed by atoms with Gasteiger partial charge < -0.3 is 64.0 Å². The summed E-state index contributed by atoms with van der Waals surface area (Å²) in [4.78, 5) is 104. The first kappa shape index (κ1) is 64.4. The molecule has 4 amide bonds. The molecule has 7 N–H and O–H groups in total. The van der Waals surface area contributed by atoms with E-state index in [0.29, 0.717) is 66.0 Å². The number of hydrogen-bond donors (Lipinski definition) is 7. The summed E-state index contributed by atoms with van der Waals surface area (Å²) in [6.07, 6.45) is 4.87. The van der Waals surface area contributed by atoms with Crippen molar-refractivity contribution in [3.05, 3.63) is 108 Å². The molecule has 6 aromatic rings. The number of aliphatic carboxylic acids is 1. The van der Waals surface area contributed by atoms with Crippen molar-refractivity contribution in [2.45, 2.75) is 135 Å². The lowest BCUT2D eigenvalue weighted by Crippen LogP contribution is -2.64. The van der Waals surface area contributed by atoms with E-state index in [2.05, 4.69) is 34.4 Å². The van der Waals surface area contributed by atoms with E-state index >= 15 is 0 Å². The lowest BCUT2D eigenvalue weighted by Gasteiger charge is -2.69. The quantitative estimate of drug-likeness (QED) is 0.0212. The minimum atomic E-state index is -1.79. The van der Waals surface area contributed by atoms with Crippen molar-refractivity contribution in [1.82, 2.24) is 39.5 Å². The zero-order chi connectivity index (χ0) is 65.6. The Balaban J connectivity index is 0.657. The molecule has 4 bridgehead atoms. The minimum absolute atomic E-state index is 0.0149. The molecule has 2 unspecified atom stereocenters. The van der Waals surface area contributed by atoms with Crippen LogP contribution in [0, 0.1) is 29.1 Å². The van der Waals surface area contributed by atoms with Gasteiger partial charge in [-0.2, -0.15) is 5.10 Å². The highest BCUT2D eigenvalue weighted by Crippen LogP contribution is 2.72. The highest BCUT2D eigenvalue weighted by atomic mass is 32.1. The van der Waals surface area contributed by atoms with Crippen LogP contribution in [0.4, 0.5) is 10.9 Å². The van der Waals surface area contributed by atoms with Crippen LogP contribution in [0.15, 0.2) is 79.3 Å². The van der Waals surface area contributed by atoms with E-state index in [1.807, 2.05) is 51.4 Å². The van der Waals surface area contributed by atoms with Gasteiger partial charge in [-0.3, -0.25) is 43.7 Å².